The molecule has 0 atom stereocenters. The fraction of sp³-hybridized carbons (Fsp3) is 0.375. The minimum absolute atomic E-state index is 0.373. The number of hydrogen-bond acceptors (Lipinski definition) is 1. The van der Waals surface area contributed by atoms with Crippen LogP contribution in [0.4, 0.5) is 0 Å². The Bertz CT molecular complexity index is 642. The Hall–Kier alpha value is -1.16. The zero-order valence-electron chi connectivity index (χ0n) is 15.3. The summed E-state index contributed by atoms with van der Waals surface area (Å²) in [6.45, 7) is -0.135. The Balaban J connectivity index is 2.49. The Morgan fingerprint density at radius 2 is 2.00 bits per heavy atom. The van der Waals surface area contributed by atoms with E-state index >= 15 is 0 Å². The predicted octanol–water partition coefficient (Wildman–Crippen LogP) is 2.74. The zero-order chi connectivity index (χ0) is 16.7. The molecule has 0 saturated carbocycles. The average Bonchev–Trinajstić information content (AvgIpc) is 2.37. The van der Waals surface area contributed by atoms with Crippen molar-refractivity contribution in [2.24, 2.45) is 7.05 Å². The molecule has 0 aliphatic heterocycles. The van der Waals surface area contributed by atoms with Crippen molar-refractivity contribution in [1.29, 1.82) is 0 Å². The van der Waals surface area contributed by atoms with Gasteiger partial charge < -0.3 is 0 Å². The second kappa shape index (κ2) is 5.08. The van der Waals surface area contributed by atoms with Gasteiger partial charge in [0.2, 0.25) is 0 Å². The van der Waals surface area contributed by atoms with Gasteiger partial charge in [-0.2, -0.15) is 0 Å². The summed E-state index contributed by atoms with van der Waals surface area (Å²) in [5, 5.41) is 0. The van der Waals surface area contributed by atoms with Crippen molar-refractivity contribution in [2.75, 3.05) is 0 Å². The van der Waals surface area contributed by atoms with E-state index in [1.54, 1.807) is 12.1 Å². The molecule has 0 saturated heterocycles. The van der Waals surface area contributed by atoms with E-state index in [2.05, 4.69) is 28.4 Å². The molecule has 1 heterocycles. The Morgan fingerprint density at radius 1 is 1.26 bits per heavy atom. The third kappa shape index (κ3) is 3.06. The molecule has 0 radical (unpaired) electrons. The van der Waals surface area contributed by atoms with Crippen LogP contribution < -0.4 is 8.96 Å². The fourth-order valence-electron chi connectivity index (χ4n) is 2.09. The van der Waals surface area contributed by atoms with Crippen molar-refractivity contribution in [3.05, 3.63) is 41.7 Å². The molecule has 0 aliphatic carbocycles. The monoisotopic (exact) mass is 320 g/mol. The standard InChI is InChI=1S/C16H23GeN2/c1-12-7-8-15(13(2)9-12)16-18-10-14(11-19(16)6)17(3,4)5/h7-11H,1-6H3/q+1/i1D3. The molecular weight excluding hydrogens is 293 g/mol. The van der Waals surface area contributed by atoms with Crippen molar-refractivity contribution in [2.45, 2.75) is 31.0 Å². The molecule has 1 aromatic carbocycles. The molecule has 2 nitrogen and oxygen atoms in total. The number of nitrogens with zero attached hydrogens (tertiary/aromatic N) is 2. The summed E-state index contributed by atoms with van der Waals surface area (Å²) in [5.41, 5.74) is 2.28. The molecule has 0 amide bonds. The molecule has 2 aromatic rings. The molecule has 100 valence electrons. The Morgan fingerprint density at radius 3 is 2.53 bits per heavy atom. The molecule has 0 unspecified atom stereocenters. The summed E-state index contributed by atoms with van der Waals surface area (Å²) >= 11 is -1.90. The summed E-state index contributed by atoms with van der Waals surface area (Å²) in [7, 11) is 2.00. The SMILES string of the molecule is [2H]C([2H])([2H])c1ccc(-c2nc[c]([Ge]([CH3])([CH3])[CH3])c[n+]2C)c(C)c1. The second-order valence-electron chi connectivity index (χ2n) is 6.06. The maximum atomic E-state index is 7.50. The Labute approximate surface area is 123 Å². The summed E-state index contributed by atoms with van der Waals surface area (Å²) in [4.78, 5) is 4.64. The minimum atomic E-state index is -2.07. The van der Waals surface area contributed by atoms with E-state index in [1.807, 2.05) is 30.8 Å². The summed E-state index contributed by atoms with van der Waals surface area (Å²) in [5.74, 6) is 7.89. The zero-order valence-corrected chi connectivity index (χ0v) is 14.4. The van der Waals surface area contributed by atoms with Crippen LogP contribution in [-0.2, 0) is 7.05 Å². The van der Waals surface area contributed by atoms with Crippen LogP contribution in [0.25, 0.3) is 11.4 Å². The van der Waals surface area contributed by atoms with E-state index in [-0.39, 0.29) is 0 Å². The first-order valence-corrected chi connectivity index (χ1v) is 13.8. The van der Waals surface area contributed by atoms with Gasteiger partial charge in [0.1, 0.15) is 0 Å². The van der Waals surface area contributed by atoms with Gasteiger partial charge in [0.25, 0.3) is 0 Å². The summed E-state index contributed by atoms with van der Waals surface area (Å²) < 4.78 is 25.9. The van der Waals surface area contributed by atoms with E-state index < -0.39 is 20.1 Å². The van der Waals surface area contributed by atoms with Crippen LogP contribution in [0.15, 0.2) is 30.6 Å². The first-order valence-electron chi connectivity index (χ1n) is 7.98. The normalized spacial score (nSPS) is 14.7. The van der Waals surface area contributed by atoms with Crippen LogP contribution in [-0.4, -0.2) is 18.3 Å². The van der Waals surface area contributed by atoms with Crippen LogP contribution in [0.1, 0.15) is 15.2 Å². The molecule has 0 bridgehead atoms. The van der Waals surface area contributed by atoms with Gasteiger partial charge >= 0.3 is 123 Å². The fourth-order valence-corrected chi connectivity index (χ4v) is 4.25. The van der Waals surface area contributed by atoms with Crippen LogP contribution in [0.5, 0.6) is 0 Å². The van der Waals surface area contributed by atoms with Gasteiger partial charge in [0.05, 0.1) is 0 Å². The molecule has 2 rings (SSSR count). The third-order valence-electron chi connectivity index (χ3n) is 3.33. The van der Waals surface area contributed by atoms with Crippen molar-refractivity contribution in [3.63, 3.8) is 0 Å². The van der Waals surface area contributed by atoms with Crippen molar-refractivity contribution in [1.82, 2.24) is 4.98 Å². The number of hydrogen-bond donors (Lipinski definition) is 0. The van der Waals surface area contributed by atoms with Gasteiger partial charge in [0, 0.05) is 0 Å². The van der Waals surface area contributed by atoms with Crippen molar-refractivity contribution < 1.29 is 8.68 Å². The van der Waals surface area contributed by atoms with E-state index in [4.69, 9.17) is 4.11 Å². The van der Waals surface area contributed by atoms with Gasteiger partial charge in [-0.1, -0.05) is 0 Å². The number of benzene rings is 1. The van der Waals surface area contributed by atoms with Crippen LogP contribution in [0, 0.1) is 13.8 Å². The van der Waals surface area contributed by atoms with Crippen LogP contribution in [0.3, 0.4) is 0 Å². The molecule has 1 aromatic heterocycles. The first kappa shape index (κ1) is 10.6. The Kier molecular flexibility index (Phi) is 2.84. The van der Waals surface area contributed by atoms with E-state index in [1.165, 1.54) is 4.40 Å². The summed E-state index contributed by atoms with van der Waals surface area (Å²) in [6.07, 6.45) is 4.14. The molecule has 0 N–H and O–H groups in total. The van der Waals surface area contributed by atoms with Crippen LogP contribution in [0.2, 0.25) is 17.3 Å². The molecule has 0 aliphatic rings. The van der Waals surface area contributed by atoms with Gasteiger partial charge in [-0.25, -0.2) is 0 Å². The van der Waals surface area contributed by atoms with Crippen molar-refractivity contribution in [3.8, 4) is 11.4 Å². The van der Waals surface area contributed by atoms with Gasteiger partial charge in [-0.15, -0.1) is 0 Å². The van der Waals surface area contributed by atoms with Crippen LogP contribution >= 0.6 is 0 Å². The first-order chi connectivity index (χ1) is 10.00. The van der Waals surface area contributed by atoms with Gasteiger partial charge in [-0.3, -0.25) is 0 Å². The van der Waals surface area contributed by atoms with Gasteiger partial charge in [-0.05, 0) is 0 Å². The topological polar surface area (TPSA) is 16.8 Å². The average molecular weight is 319 g/mol. The van der Waals surface area contributed by atoms with Gasteiger partial charge in [0.15, 0.2) is 0 Å². The predicted molar refractivity (Wildman–Crippen MR) is 83.3 cm³/mol. The molecule has 3 heteroatoms. The second-order valence-corrected chi connectivity index (χ2v) is 16.7. The van der Waals surface area contributed by atoms with E-state index in [9.17, 15) is 0 Å². The third-order valence-corrected chi connectivity index (χ3v) is 7.50. The van der Waals surface area contributed by atoms with E-state index in [0.717, 1.165) is 17.0 Å². The molecule has 0 fully saturated rings. The van der Waals surface area contributed by atoms with E-state index in [0.29, 0.717) is 5.56 Å². The molecule has 19 heavy (non-hydrogen) atoms. The molecule has 0 spiro atoms. The summed E-state index contributed by atoms with van der Waals surface area (Å²) in [6, 6.07) is 5.27. The van der Waals surface area contributed by atoms with Crippen molar-refractivity contribution >= 4 is 17.7 Å². The number of aromatic nitrogens is 2. The molecular formula is C16H23GeN2+. The maximum absolute atomic E-state index is 7.50. The number of rotatable bonds is 2. The quantitative estimate of drug-likeness (QED) is 0.614. The number of aryl methyl sites for hydroxylation is 3.